The van der Waals surface area contributed by atoms with Crippen molar-refractivity contribution in [2.75, 3.05) is 6.26 Å². The van der Waals surface area contributed by atoms with Crippen LogP contribution in [0.25, 0.3) is 16.9 Å². The molecule has 1 aromatic heterocycles. The molecule has 0 unspecified atom stereocenters. The molecular weight excluding hydrogens is 439 g/mol. The van der Waals surface area contributed by atoms with Crippen molar-refractivity contribution in [3.63, 3.8) is 0 Å². The van der Waals surface area contributed by atoms with Gasteiger partial charge in [0.15, 0.2) is 15.5 Å². The second-order valence-electron chi connectivity index (χ2n) is 6.30. The van der Waals surface area contributed by atoms with Crippen molar-refractivity contribution in [3.8, 4) is 16.9 Å². The van der Waals surface area contributed by atoms with E-state index in [4.69, 9.17) is 11.6 Å². The van der Waals surface area contributed by atoms with E-state index >= 15 is 0 Å². The van der Waals surface area contributed by atoms with Crippen molar-refractivity contribution < 1.29 is 30.4 Å². The lowest BCUT2D eigenvalue weighted by molar-refractivity contribution is -0.141. The van der Waals surface area contributed by atoms with Crippen LogP contribution in [0.2, 0.25) is 5.02 Å². The quantitative estimate of drug-likeness (QED) is 0.515. The van der Waals surface area contributed by atoms with Crippen molar-refractivity contribution in [3.05, 3.63) is 64.3 Å². The van der Waals surface area contributed by atoms with Crippen molar-refractivity contribution in [2.24, 2.45) is 0 Å². The molecule has 11 heteroatoms. The SMILES string of the molecule is Cc1ccc(-n2nc(C(F)(F)F)cc2-c2cc(F)c(S(C)(=O)=O)c(F)c2)cc1Cl. The molecule has 0 spiro atoms. The summed E-state index contributed by atoms with van der Waals surface area (Å²) in [7, 11) is -4.22. The van der Waals surface area contributed by atoms with Crippen LogP contribution in [0.3, 0.4) is 0 Å². The normalized spacial score (nSPS) is 12.4. The summed E-state index contributed by atoms with van der Waals surface area (Å²) in [5, 5.41) is 3.75. The molecule has 3 aromatic rings. The number of rotatable bonds is 3. The highest BCUT2D eigenvalue weighted by atomic mass is 35.5. The minimum atomic E-state index is -4.82. The number of sulfone groups is 1. The van der Waals surface area contributed by atoms with E-state index in [2.05, 4.69) is 5.10 Å². The first-order valence-corrected chi connectivity index (χ1v) is 10.2. The molecule has 154 valence electrons. The third kappa shape index (κ3) is 4.13. The molecule has 2 aromatic carbocycles. The minimum Gasteiger partial charge on any atom is -0.232 e. The number of nitrogens with zero attached hydrogens (tertiary/aromatic N) is 2. The highest BCUT2D eigenvalue weighted by Crippen LogP contribution is 2.35. The van der Waals surface area contributed by atoms with Gasteiger partial charge in [0, 0.05) is 16.8 Å². The van der Waals surface area contributed by atoms with Crippen molar-refractivity contribution in [1.29, 1.82) is 0 Å². The highest BCUT2D eigenvalue weighted by Gasteiger charge is 2.35. The van der Waals surface area contributed by atoms with Crippen LogP contribution in [0, 0.1) is 18.6 Å². The van der Waals surface area contributed by atoms with E-state index in [1.54, 1.807) is 13.0 Å². The lowest BCUT2D eigenvalue weighted by Gasteiger charge is -2.11. The molecule has 0 aliphatic rings. The number of benzene rings is 2. The van der Waals surface area contributed by atoms with Gasteiger partial charge in [0.2, 0.25) is 0 Å². The molecule has 29 heavy (non-hydrogen) atoms. The summed E-state index contributed by atoms with van der Waals surface area (Å²) in [4.78, 5) is -1.17. The predicted molar refractivity (Wildman–Crippen MR) is 96.8 cm³/mol. The van der Waals surface area contributed by atoms with Crippen LogP contribution in [0.15, 0.2) is 41.3 Å². The topological polar surface area (TPSA) is 52.0 Å². The third-order valence-corrected chi connectivity index (χ3v) is 5.60. The second-order valence-corrected chi connectivity index (χ2v) is 8.66. The van der Waals surface area contributed by atoms with Gasteiger partial charge in [-0.25, -0.2) is 21.9 Å². The van der Waals surface area contributed by atoms with E-state index in [0.29, 0.717) is 30.0 Å². The summed E-state index contributed by atoms with van der Waals surface area (Å²) >= 11 is 6.03. The van der Waals surface area contributed by atoms with Gasteiger partial charge in [0.25, 0.3) is 0 Å². The summed E-state index contributed by atoms with van der Waals surface area (Å²) in [6.45, 7) is 1.69. The first-order chi connectivity index (χ1) is 13.3. The number of hydrogen-bond acceptors (Lipinski definition) is 3. The zero-order valence-corrected chi connectivity index (χ0v) is 16.4. The first kappa shape index (κ1) is 21.3. The lowest BCUT2D eigenvalue weighted by Crippen LogP contribution is -2.08. The fraction of sp³-hybridized carbons (Fsp3) is 0.167. The molecule has 0 aliphatic carbocycles. The van der Waals surface area contributed by atoms with Gasteiger partial charge in [-0.2, -0.15) is 18.3 Å². The van der Waals surface area contributed by atoms with E-state index < -0.39 is 38.2 Å². The molecule has 0 radical (unpaired) electrons. The molecule has 0 fully saturated rings. The van der Waals surface area contributed by atoms with Gasteiger partial charge in [-0.05, 0) is 42.8 Å². The Morgan fingerprint density at radius 2 is 1.62 bits per heavy atom. The van der Waals surface area contributed by atoms with Crippen molar-refractivity contribution in [1.82, 2.24) is 9.78 Å². The Morgan fingerprint density at radius 1 is 1.03 bits per heavy atom. The van der Waals surface area contributed by atoms with E-state index in [1.165, 1.54) is 12.1 Å². The Balaban J connectivity index is 2.29. The fourth-order valence-corrected chi connectivity index (χ4v) is 3.70. The number of hydrogen-bond donors (Lipinski definition) is 0. The first-order valence-electron chi connectivity index (χ1n) is 7.92. The van der Waals surface area contributed by atoms with Crippen molar-refractivity contribution in [2.45, 2.75) is 18.0 Å². The molecular formula is C18H12ClF5N2O2S. The molecule has 3 rings (SSSR count). The van der Waals surface area contributed by atoms with E-state index in [-0.39, 0.29) is 22.0 Å². The van der Waals surface area contributed by atoms with E-state index in [1.807, 2.05) is 0 Å². The molecule has 0 saturated heterocycles. The monoisotopic (exact) mass is 450 g/mol. The van der Waals surface area contributed by atoms with Crippen LogP contribution < -0.4 is 0 Å². The Labute approximate surface area is 167 Å². The molecule has 0 aliphatic heterocycles. The molecule has 0 bridgehead atoms. The van der Waals surface area contributed by atoms with Gasteiger partial charge in [0.05, 0.1) is 11.4 Å². The maximum Gasteiger partial charge on any atom is 0.435 e. The summed E-state index contributed by atoms with van der Waals surface area (Å²) in [5.74, 6) is -2.85. The maximum atomic E-state index is 14.3. The van der Waals surface area contributed by atoms with E-state index in [9.17, 15) is 30.4 Å². The summed E-state index contributed by atoms with van der Waals surface area (Å²) in [5.41, 5.74) is -1.13. The Hall–Kier alpha value is -2.46. The number of aromatic nitrogens is 2. The second kappa shape index (κ2) is 7.10. The molecule has 0 saturated carbocycles. The molecule has 1 heterocycles. The van der Waals surface area contributed by atoms with E-state index in [0.717, 1.165) is 4.68 Å². The van der Waals surface area contributed by atoms with Gasteiger partial charge in [-0.3, -0.25) is 0 Å². The smallest absolute Gasteiger partial charge is 0.232 e. The van der Waals surface area contributed by atoms with Gasteiger partial charge in [0.1, 0.15) is 16.5 Å². The fourth-order valence-electron chi connectivity index (χ4n) is 2.70. The van der Waals surface area contributed by atoms with Gasteiger partial charge < -0.3 is 0 Å². The number of aryl methyl sites for hydroxylation is 1. The number of alkyl halides is 3. The van der Waals surface area contributed by atoms with Crippen LogP contribution in [0.5, 0.6) is 0 Å². The van der Waals surface area contributed by atoms with Crippen LogP contribution in [-0.4, -0.2) is 24.5 Å². The average molecular weight is 451 g/mol. The van der Waals surface area contributed by atoms with Gasteiger partial charge >= 0.3 is 6.18 Å². The van der Waals surface area contributed by atoms with Crippen LogP contribution in [0.1, 0.15) is 11.3 Å². The molecule has 0 atom stereocenters. The largest absolute Gasteiger partial charge is 0.435 e. The summed E-state index contributed by atoms with van der Waals surface area (Å²) in [6, 6.07) is 6.23. The predicted octanol–water partition coefficient (Wildman–Crippen LogP) is 5.20. The summed E-state index contributed by atoms with van der Waals surface area (Å²) < 4.78 is 92.1. The maximum absolute atomic E-state index is 14.3. The third-order valence-electron chi connectivity index (χ3n) is 4.06. The Morgan fingerprint density at radius 3 is 2.10 bits per heavy atom. The van der Waals surface area contributed by atoms with Crippen LogP contribution >= 0.6 is 11.6 Å². The van der Waals surface area contributed by atoms with Gasteiger partial charge in [-0.1, -0.05) is 17.7 Å². The van der Waals surface area contributed by atoms with Crippen molar-refractivity contribution >= 4 is 21.4 Å². The molecule has 4 nitrogen and oxygen atoms in total. The summed E-state index contributed by atoms with van der Waals surface area (Å²) in [6.07, 6.45) is -4.20. The molecule has 0 N–H and O–H groups in total. The van der Waals surface area contributed by atoms with Gasteiger partial charge in [-0.15, -0.1) is 0 Å². The minimum absolute atomic E-state index is 0.124. The Kier molecular flexibility index (Phi) is 5.20. The molecule has 0 amide bonds. The number of halogens is 6. The average Bonchev–Trinajstić information content (AvgIpc) is 3.01. The van der Waals surface area contributed by atoms with Crippen LogP contribution in [-0.2, 0) is 16.0 Å². The Bertz CT molecular complexity index is 1200. The highest BCUT2D eigenvalue weighted by molar-refractivity contribution is 7.90. The standard InChI is InChI=1S/C18H12ClF5N2O2S/c1-9-3-4-11(7-12(9)19)26-15(8-16(25-26)18(22,23)24)10-5-13(20)17(14(21)6-10)29(2,27)28/h3-8H,1-2H3. The zero-order valence-electron chi connectivity index (χ0n) is 14.9. The lowest BCUT2D eigenvalue weighted by atomic mass is 10.1. The zero-order chi connectivity index (χ0) is 21.7. The van der Waals surface area contributed by atoms with Crippen LogP contribution in [0.4, 0.5) is 22.0 Å².